The van der Waals surface area contributed by atoms with Crippen molar-refractivity contribution in [3.05, 3.63) is 18.3 Å². The van der Waals surface area contributed by atoms with E-state index in [9.17, 15) is 0 Å². The van der Waals surface area contributed by atoms with Gasteiger partial charge in [-0.25, -0.2) is 4.98 Å². The van der Waals surface area contributed by atoms with Gasteiger partial charge < -0.3 is 15.0 Å². The van der Waals surface area contributed by atoms with E-state index in [-0.39, 0.29) is 0 Å². The minimum absolute atomic E-state index is 0.579. The van der Waals surface area contributed by atoms with Gasteiger partial charge >= 0.3 is 0 Å². The van der Waals surface area contributed by atoms with Crippen LogP contribution in [0.2, 0.25) is 0 Å². The van der Waals surface area contributed by atoms with Crippen molar-refractivity contribution in [2.75, 3.05) is 31.6 Å². The van der Waals surface area contributed by atoms with Gasteiger partial charge in [-0.2, -0.15) is 0 Å². The average molecular weight is 235 g/mol. The topological polar surface area (TPSA) is 37.4 Å². The van der Waals surface area contributed by atoms with Crippen LogP contribution in [0.3, 0.4) is 0 Å². The fourth-order valence-corrected chi connectivity index (χ4v) is 2.29. The second-order valence-corrected chi connectivity index (χ2v) is 4.40. The number of hydrogen-bond donors (Lipinski definition) is 1. The SMILES string of the molecule is CCCN(c1ccc(OC)cn1)C1CCNC1. The zero-order chi connectivity index (χ0) is 12.1. The van der Waals surface area contributed by atoms with E-state index in [0.29, 0.717) is 6.04 Å². The summed E-state index contributed by atoms with van der Waals surface area (Å²) in [5.74, 6) is 1.87. The zero-order valence-electron chi connectivity index (χ0n) is 10.6. The minimum atomic E-state index is 0.579. The number of nitrogens with zero attached hydrogens (tertiary/aromatic N) is 2. The Morgan fingerprint density at radius 2 is 2.41 bits per heavy atom. The van der Waals surface area contributed by atoms with Gasteiger partial charge in [0.05, 0.1) is 13.3 Å². The Kier molecular flexibility index (Phi) is 4.20. The minimum Gasteiger partial charge on any atom is -0.495 e. The Balaban J connectivity index is 2.12. The third-order valence-electron chi connectivity index (χ3n) is 3.19. The first kappa shape index (κ1) is 12.2. The third-order valence-corrected chi connectivity index (χ3v) is 3.19. The molecule has 2 heterocycles. The van der Waals surface area contributed by atoms with Crippen molar-refractivity contribution >= 4 is 5.82 Å². The van der Waals surface area contributed by atoms with Crippen LogP contribution in [0.1, 0.15) is 19.8 Å². The highest BCUT2D eigenvalue weighted by atomic mass is 16.5. The van der Waals surface area contributed by atoms with Crippen LogP contribution in [-0.4, -0.2) is 37.8 Å². The van der Waals surface area contributed by atoms with Crippen LogP contribution in [-0.2, 0) is 0 Å². The van der Waals surface area contributed by atoms with Crippen molar-refractivity contribution in [2.45, 2.75) is 25.8 Å². The third kappa shape index (κ3) is 2.88. The molecule has 17 heavy (non-hydrogen) atoms. The molecule has 1 unspecified atom stereocenters. The van der Waals surface area contributed by atoms with Crippen LogP contribution in [0, 0.1) is 0 Å². The first-order chi connectivity index (χ1) is 8.35. The average Bonchev–Trinajstić information content (AvgIpc) is 2.90. The first-order valence-electron chi connectivity index (χ1n) is 6.32. The highest BCUT2D eigenvalue weighted by molar-refractivity contribution is 5.42. The van der Waals surface area contributed by atoms with Crippen molar-refractivity contribution in [3.8, 4) is 5.75 Å². The van der Waals surface area contributed by atoms with Crippen LogP contribution in [0.25, 0.3) is 0 Å². The van der Waals surface area contributed by atoms with Gasteiger partial charge in [0.25, 0.3) is 0 Å². The molecule has 94 valence electrons. The molecule has 1 N–H and O–H groups in total. The quantitative estimate of drug-likeness (QED) is 0.842. The molecule has 1 aliphatic heterocycles. The number of ether oxygens (including phenoxy) is 1. The standard InChI is InChI=1S/C13H21N3O/c1-3-8-16(11-6-7-14-9-11)13-5-4-12(17-2)10-15-13/h4-5,10-11,14H,3,6-9H2,1-2H3. The number of aromatic nitrogens is 1. The normalized spacial score (nSPS) is 19.3. The van der Waals surface area contributed by atoms with Crippen molar-refractivity contribution in [1.82, 2.24) is 10.3 Å². The number of hydrogen-bond acceptors (Lipinski definition) is 4. The lowest BCUT2D eigenvalue weighted by atomic mass is 10.2. The molecule has 1 aliphatic rings. The summed E-state index contributed by atoms with van der Waals surface area (Å²) >= 11 is 0. The van der Waals surface area contributed by atoms with Crippen molar-refractivity contribution in [2.24, 2.45) is 0 Å². The summed E-state index contributed by atoms with van der Waals surface area (Å²) in [5.41, 5.74) is 0. The maximum atomic E-state index is 5.14. The van der Waals surface area contributed by atoms with Gasteiger partial charge in [0, 0.05) is 19.1 Å². The predicted molar refractivity (Wildman–Crippen MR) is 69.7 cm³/mol. The molecular formula is C13H21N3O. The lowest BCUT2D eigenvalue weighted by Crippen LogP contribution is -2.38. The zero-order valence-corrected chi connectivity index (χ0v) is 10.6. The van der Waals surface area contributed by atoms with E-state index in [1.165, 1.54) is 6.42 Å². The van der Waals surface area contributed by atoms with Gasteiger partial charge in [-0.3, -0.25) is 0 Å². The van der Waals surface area contributed by atoms with Crippen LogP contribution < -0.4 is 15.0 Å². The van der Waals surface area contributed by atoms with Crippen LogP contribution >= 0.6 is 0 Å². The predicted octanol–water partition coefficient (Wildman–Crippen LogP) is 1.67. The Hall–Kier alpha value is -1.29. The largest absolute Gasteiger partial charge is 0.495 e. The summed E-state index contributed by atoms with van der Waals surface area (Å²) in [6.07, 6.45) is 4.14. The molecule has 0 saturated carbocycles. The molecule has 1 fully saturated rings. The molecule has 1 aromatic heterocycles. The number of rotatable bonds is 5. The van der Waals surface area contributed by atoms with Crippen molar-refractivity contribution in [1.29, 1.82) is 0 Å². The molecule has 1 saturated heterocycles. The maximum absolute atomic E-state index is 5.14. The highest BCUT2D eigenvalue weighted by Crippen LogP contribution is 2.20. The molecule has 4 nitrogen and oxygen atoms in total. The lowest BCUT2D eigenvalue weighted by Gasteiger charge is -2.29. The van der Waals surface area contributed by atoms with Gasteiger partial charge in [0.1, 0.15) is 11.6 Å². The smallest absolute Gasteiger partial charge is 0.137 e. The van der Waals surface area contributed by atoms with Gasteiger partial charge in [-0.05, 0) is 31.5 Å². The Morgan fingerprint density at radius 3 is 2.94 bits per heavy atom. The monoisotopic (exact) mass is 235 g/mol. The van der Waals surface area contributed by atoms with Crippen LogP contribution in [0.5, 0.6) is 5.75 Å². The number of pyridine rings is 1. The fourth-order valence-electron chi connectivity index (χ4n) is 2.29. The van der Waals surface area contributed by atoms with Crippen LogP contribution in [0.15, 0.2) is 18.3 Å². The van der Waals surface area contributed by atoms with Crippen molar-refractivity contribution in [3.63, 3.8) is 0 Å². The summed E-state index contributed by atoms with van der Waals surface area (Å²) in [6, 6.07) is 4.61. The molecule has 0 spiro atoms. The molecular weight excluding hydrogens is 214 g/mol. The van der Waals surface area contributed by atoms with E-state index in [1.807, 2.05) is 12.1 Å². The second-order valence-electron chi connectivity index (χ2n) is 4.40. The summed E-state index contributed by atoms with van der Waals surface area (Å²) < 4.78 is 5.14. The van der Waals surface area contributed by atoms with E-state index >= 15 is 0 Å². The highest BCUT2D eigenvalue weighted by Gasteiger charge is 2.22. The molecule has 0 amide bonds. The van der Waals surface area contributed by atoms with Gasteiger partial charge in [0.2, 0.25) is 0 Å². The first-order valence-corrected chi connectivity index (χ1v) is 6.32. The lowest BCUT2D eigenvalue weighted by molar-refractivity contribution is 0.412. The number of methoxy groups -OCH3 is 1. The fraction of sp³-hybridized carbons (Fsp3) is 0.615. The molecule has 4 heteroatoms. The van der Waals surface area contributed by atoms with Gasteiger partial charge in [-0.1, -0.05) is 6.92 Å². The van der Waals surface area contributed by atoms with E-state index in [4.69, 9.17) is 4.74 Å². The number of nitrogens with one attached hydrogen (secondary N) is 1. The van der Waals surface area contributed by atoms with E-state index in [2.05, 4.69) is 22.1 Å². The molecule has 1 aromatic rings. The summed E-state index contributed by atoms with van der Waals surface area (Å²) in [6.45, 7) is 5.44. The Bertz CT molecular complexity index is 333. The number of anilines is 1. The van der Waals surface area contributed by atoms with E-state index in [1.54, 1.807) is 13.3 Å². The maximum Gasteiger partial charge on any atom is 0.137 e. The molecule has 0 bridgehead atoms. The molecule has 1 atom stereocenters. The summed E-state index contributed by atoms with van der Waals surface area (Å²) in [7, 11) is 1.67. The second kappa shape index (κ2) is 5.87. The Labute approximate surface area is 103 Å². The van der Waals surface area contributed by atoms with Crippen LogP contribution in [0.4, 0.5) is 5.82 Å². The molecule has 2 rings (SSSR count). The molecule has 0 radical (unpaired) electrons. The molecule has 0 aromatic carbocycles. The molecule has 0 aliphatic carbocycles. The van der Waals surface area contributed by atoms with Gasteiger partial charge in [0.15, 0.2) is 0 Å². The van der Waals surface area contributed by atoms with Gasteiger partial charge in [-0.15, -0.1) is 0 Å². The Morgan fingerprint density at radius 1 is 1.53 bits per heavy atom. The summed E-state index contributed by atoms with van der Waals surface area (Å²) in [5, 5.41) is 3.41. The van der Waals surface area contributed by atoms with E-state index in [0.717, 1.165) is 37.6 Å². The van der Waals surface area contributed by atoms with Crippen molar-refractivity contribution < 1.29 is 4.74 Å². The van der Waals surface area contributed by atoms with E-state index < -0.39 is 0 Å². The summed E-state index contributed by atoms with van der Waals surface area (Å²) in [4.78, 5) is 6.89.